The molecule has 1 aliphatic rings. The van der Waals surface area contributed by atoms with E-state index in [0.29, 0.717) is 18.1 Å². The second kappa shape index (κ2) is 7.66. The largest absolute Gasteiger partial charge is 0.358 e. The molecule has 5 heteroatoms. The van der Waals surface area contributed by atoms with Gasteiger partial charge in [0.15, 0.2) is 5.11 Å². The zero-order valence-electron chi connectivity index (χ0n) is 14.6. The van der Waals surface area contributed by atoms with Crippen LogP contribution in [0.1, 0.15) is 29.5 Å². The Morgan fingerprint density at radius 2 is 1.80 bits per heavy atom. The van der Waals surface area contributed by atoms with Crippen LogP contribution in [0.15, 0.2) is 42.5 Å². The highest BCUT2D eigenvalue weighted by atomic mass is 32.1. The minimum Gasteiger partial charge on any atom is -0.358 e. The molecule has 0 unspecified atom stereocenters. The number of carbonyl (C=O) groups excluding carboxylic acids is 1. The van der Waals surface area contributed by atoms with E-state index in [1.54, 1.807) is 0 Å². The van der Waals surface area contributed by atoms with Gasteiger partial charge in [0.2, 0.25) is 5.91 Å². The van der Waals surface area contributed by atoms with Crippen LogP contribution in [0.4, 0.5) is 11.4 Å². The zero-order valence-corrected chi connectivity index (χ0v) is 15.5. The number of carbonyl (C=O) groups is 1. The molecule has 1 aliphatic heterocycles. The molecule has 0 spiro atoms. The highest BCUT2D eigenvalue weighted by molar-refractivity contribution is 7.80. The molecule has 130 valence electrons. The summed E-state index contributed by atoms with van der Waals surface area (Å²) in [5.74, 6) is 0.213. The molecule has 25 heavy (non-hydrogen) atoms. The Morgan fingerprint density at radius 1 is 1.12 bits per heavy atom. The number of hydrogen-bond donors (Lipinski definition) is 2. The van der Waals surface area contributed by atoms with Crippen LogP contribution in [0.2, 0.25) is 0 Å². The lowest BCUT2D eigenvalue weighted by Gasteiger charge is -2.16. The lowest BCUT2D eigenvalue weighted by atomic mass is 10.1. The highest BCUT2D eigenvalue weighted by Gasteiger charge is 2.21. The first kappa shape index (κ1) is 17.4. The van der Waals surface area contributed by atoms with Crippen LogP contribution in [0.5, 0.6) is 0 Å². The number of rotatable bonds is 4. The third-order valence-electron chi connectivity index (χ3n) is 4.25. The fourth-order valence-electron chi connectivity index (χ4n) is 3.12. The van der Waals surface area contributed by atoms with E-state index in [1.165, 1.54) is 11.1 Å². The van der Waals surface area contributed by atoms with Crippen LogP contribution < -0.4 is 15.5 Å². The van der Waals surface area contributed by atoms with Crippen LogP contribution in [0.25, 0.3) is 0 Å². The van der Waals surface area contributed by atoms with E-state index in [9.17, 15) is 4.79 Å². The Balaban J connectivity index is 1.54. The molecule has 0 aliphatic carbocycles. The summed E-state index contributed by atoms with van der Waals surface area (Å²) in [6, 6.07) is 14.3. The molecule has 0 radical (unpaired) electrons. The summed E-state index contributed by atoms with van der Waals surface area (Å²) in [5.41, 5.74) is 5.51. The second-order valence-electron chi connectivity index (χ2n) is 6.50. The van der Waals surface area contributed by atoms with Gasteiger partial charge in [0, 0.05) is 30.9 Å². The molecule has 1 fully saturated rings. The molecular weight excluding hydrogens is 330 g/mol. The molecule has 2 N–H and O–H groups in total. The molecule has 3 rings (SSSR count). The first-order chi connectivity index (χ1) is 12.0. The van der Waals surface area contributed by atoms with E-state index in [-0.39, 0.29) is 5.91 Å². The zero-order chi connectivity index (χ0) is 17.8. The van der Waals surface area contributed by atoms with Gasteiger partial charge in [0.1, 0.15) is 0 Å². The lowest BCUT2D eigenvalue weighted by molar-refractivity contribution is -0.117. The first-order valence-electron chi connectivity index (χ1n) is 8.54. The summed E-state index contributed by atoms with van der Waals surface area (Å²) in [6.45, 7) is 5.61. The quantitative estimate of drug-likeness (QED) is 0.818. The Morgan fingerprint density at radius 3 is 2.40 bits per heavy atom. The fourth-order valence-corrected chi connectivity index (χ4v) is 3.31. The lowest BCUT2D eigenvalue weighted by Crippen LogP contribution is -2.28. The molecule has 0 atom stereocenters. The van der Waals surface area contributed by atoms with Crippen molar-refractivity contribution in [3.8, 4) is 0 Å². The van der Waals surface area contributed by atoms with E-state index in [1.807, 2.05) is 29.2 Å². The number of hydrogen-bond acceptors (Lipinski definition) is 2. The summed E-state index contributed by atoms with van der Waals surface area (Å²) in [4.78, 5) is 13.6. The van der Waals surface area contributed by atoms with E-state index in [2.05, 4.69) is 42.7 Å². The third-order valence-corrected chi connectivity index (χ3v) is 4.50. The van der Waals surface area contributed by atoms with E-state index in [0.717, 1.165) is 29.9 Å². The molecule has 1 saturated heterocycles. The number of nitrogens with one attached hydrogen (secondary N) is 2. The van der Waals surface area contributed by atoms with Gasteiger partial charge in [-0.15, -0.1) is 0 Å². The molecule has 1 amide bonds. The van der Waals surface area contributed by atoms with Crippen molar-refractivity contribution in [2.75, 3.05) is 16.8 Å². The van der Waals surface area contributed by atoms with Gasteiger partial charge >= 0.3 is 0 Å². The van der Waals surface area contributed by atoms with Gasteiger partial charge in [-0.1, -0.05) is 18.2 Å². The average molecular weight is 353 g/mol. The van der Waals surface area contributed by atoms with Crippen molar-refractivity contribution >= 4 is 34.6 Å². The fraction of sp³-hybridized carbons (Fsp3) is 0.300. The number of benzene rings is 2. The van der Waals surface area contributed by atoms with Crippen molar-refractivity contribution in [2.24, 2.45) is 0 Å². The Kier molecular flexibility index (Phi) is 5.34. The van der Waals surface area contributed by atoms with Crippen LogP contribution >= 0.6 is 12.2 Å². The second-order valence-corrected chi connectivity index (χ2v) is 6.91. The summed E-state index contributed by atoms with van der Waals surface area (Å²) >= 11 is 5.38. The monoisotopic (exact) mass is 353 g/mol. The smallest absolute Gasteiger partial charge is 0.227 e. The third kappa shape index (κ3) is 4.57. The van der Waals surface area contributed by atoms with E-state index in [4.69, 9.17) is 12.2 Å². The van der Waals surface area contributed by atoms with Crippen molar-refractivity contribution in [1.29, 1.82) is 0 Å². The number of nitrogens with zero attached hydrogens (tertiary/aromatic N) is 1. The Labute approximate surface area is 154 Å². The van der Waals surface area contributed by atoms with Crippen molar-refractivity contribution in [2.45, 2.75) is 33.2 Å². The maximum Gasteiger partial charge on any atom is 0.227 e. The predicted molar refractivity (Wildman–Crippen MR) is 107 cm³/mol. The molecule has 0 bridgehead atoms. The van der Waals surface area contributed by atoms with Crippen LogP contribution in [-0.2, 0) is 11.3 Å². The molecule has 1 heterocycles. The van der Waals surface area contributed by atoms with Gasteiger partial charge < -0.3 is 15.5 Å². The Hall–Kier alpha value is -2.40. The van der Waals surface area contributed by atoms with Gasteiger partial charge in [-0.3, -0.25) is 4.79 Å². The summed E-state index contributed by atoms with van der Waals surface area (Å²) < 4.78 is 0. The molecule has 2 aromatic rings. The van der Waals surface area contributed by atoms with Crippen molar-refractivity contribution in [3.05, 3.63) is 59.2 Å². The predicted octanol–water partition coefficient (Wildman–Crippen LogP) is 3.92. The number of anilines is 2. The minimum atomic E-state index is 0.213. The van der Waals surface area contributed by atoms with Crippen LogP contribution in [-0.4, -0.2) is 17.6 Å². The molecule has 2 aromatic carbocycles. The maximum absolute atomic E-state index is 11.8. The van der Waals surface area contributed by atoms with Crippen molar-refractivity contribution < 1.29 is 4.79 Å². The number of amides is 1. The first-order valence-corrected chi connectivity index (χ1v) is 8.94. The van der Waals surface area contributed by atoms with Crippen molar-refractivity contribution in [1.82, 2.24) is 5.32 Å². The van der Waals surface area contributed by atoms with Crippen molar-refractivity contribution in [3.63, 3.8) is 0 Å². The average Bonchev–Trinajstić information content (AvgIpc) is 2.98. The summed E-state index contributed by atoms with van der Waals surface area (Å²) in [7, 11) is 0. The van der Waals surface area contributed by atoms with Gasteiger partial charge in [-0.2, -0.15) is 0 Å². The van der Waals surface area contributed by atoms with E-state index >= 15 is 0 Å². The highest BCUT2D eigenvalue weighted by Crippen LogP contribution is 2.21. The van der Waals surface area contributed by atoms with Gasteiger partial charge in [0.25, 0.3) is 0 Å². The number of aryl methyl sites for hydroxylation is 2. The molecule has 0 saturated carbocycles. The topological polar surface area (TPSA) is 44.4 Å². The summed E-state index contributed by atoms with van der Waals surface area (Å²) in [6.07, 6.45) is 1.60. The van der Waals surface area contributed by atoms with Gasteiger partial charge in [-0.25, -0.2) is 0 Å². The van der Waals surface area contributed by atoms with Gasteiger partial charge in [-0.05, 0) is 73.4 Å². The van der Waals surface area contributed by atoms with E-state index < -0.39 is 0 Å². The molecule has 0 aromatic heterocycles. The summed E-state index contributed by atoms with van der Waals surface area (Å²) in [5, 5.41) is 7.05. The SMILES string of the molecule is Cc1cc(C)cc(NC(=S)NCc2ccc(N3CCCC3=O)cc2)c1. The van der Waals surface area contributed by atoms with Crippen LogP contribution in [0, 0.1) is 13.8 Å². The van der Waals surface area contributed by atoms with Crippen LogP contribution in [0.3, 0.4) is 0 Å². The minimum absolute atomic E-state index is 0.213. The molecular formula is C20H23N3OS. The maximum atomic E-state index is 11.8. The van der Waals surface area contributed by atoms with Gasteiger partial charge in [0.05, 0.1) is 0 Å². The normalized spacial score (nSPS) is 13.8. The number of thiocarbonyl (C=S) groups is 1. The molecule has 4 nitrogen and oxygen atoms in total. The Bertz CT molecular complexity index is 766. The standard InChI is InChI=1S/C20H23N3OS/c1-14-10-15(2)12-17(11-14)22-20(25)21-13-16-5-7-18(8-6-16)23-9-3-4-19(23)24/h5-8,10-12H,3-4,9,13H2,1-2H3,(H2,21,22,25).